The van der Waals surface area contributed by atoms with E-state index >= 15 is 0 Å². The van der Waals surface area contributed by atoms with E-state index in [2.05, 4.69) is 0 Å². The van der Waals surface area contributed by atoms with Crippen LogP contribution in [0.5, 0.6) is 0 Å². The molecule has 2 spiro atoms. The van der Waals surface area contributed by atoms with Crippen LogP contribution in [0.1, 0.15) is 83.1 Å². The minimum atomic E-state index is -4.77. The molecule has 8 heteroatoms. The average Bonchev–Trinajstić information content (AvgIpc) is 3.22. The zero-order chi connectivity index (χ0) is 25.2. The molecule has 1 aliphatic heterocycles. The molecule has 1 amide bonds. The summed E-state index contributed by atoms with van der Waals surface area (Å²) in [7, 11) is 3.32. The smallest absolute Gasteiger partial charge is 0.381 e. The van der Waals surface area contributed by atoms with Crippen LogP contribution in [0, 0.1) is 5.41 Å². The summed E-state index contributed by atoms with van der Waals surface area (Å²) in [5.74, 6) is 0.348. The second-order valence-corrected chi connectivity index (χ2v) is 8.49. The Kier molecular flexibility index (Phi) is 8.39. The van der Waals surface area contributed by atoms with Crippen molar-refractivity contribution >= 4 is 11.7 Å². The van der Waals surface area contributed by atoms with Gasteiger partial charge in [0, 0.05) is 19.6 Å². The number of fused-ring (bicyclic) bond motifs is 3. The number of halogens is 3. The SMILES string of the molecule is CC.CC.COC1CCC2(CC1)Cc1ccc(C(O)C(F)(F)F)cc1C21N=C(C)N(C)C1=O. The maximum absolute atomic E-state index is 13.5. The summed E-state index contributed by atoms with van der Waals surface area (Å²) in [6.07, 6.45) is -3.72. The van der Waals surface area contributed by atoms with Crippen LogP contribution < -0.4 is 0 Å². The molecule has 1 aromatic carbocycles. The predicted octanol–water partition coefficient (Wildman–Crippen LogP) is 5.55. The van der Waals surface area contributed by atoms with Gasteiger partial charge in [-0.15, -0.1) is 0 Å². The van der Waals surface area contributed by atoms with Crippen LogP contribution in [0.2, 0.25) is 0 Å². The Hall–Kier alpha value is -1.93. The molecule has 4 rings (SSSR count). The minimum Gasteiger partial charge on any atom is -0.381 e. The quantitative estimate of drug-likeness (QED) is 0.616. The molecule has 1 aromatic rings. The second-order valence-electron chi connectivity index (χ2n) is 8.49. The molecule has 186 valence electrons. The third kappa shape index (κ3) is 4.32. The monoisotopic (exact) mass is 470 g/mol. The molecule has 1 N–H and O–H groups in total. The molecular formula is C25H37F3N2O3. The van der Waals surface area contributed by atoms with Crippen LogP contribution in [0.15, 0.2) is 23.2 Å². The van der Waals surface area contributed by atoms with Crippen molar-refractivity contribution in [1.29, 1.82) is 0 Å². The number of likely N-dealkylation sites (N-methyl/N-ethyl adjacent to an activating group) is 1. The van der Waals surface area contributed by atoms with Crippen LogP contribution in [0.3, 0.4) is 0 Å². The van der Waals surface area contributed by atoms with Gasteiger partial charge in [-0.2, -0.15) is 13.2 Å². The van der Waals surface area contributed by atoms with Gasteiger partial charge in [-0.3, -0.25) is 9.79 Å². The molecule has 2 atom stereocenters. The van der Waals surface area contributed by atoms with E-state index in [1.54, 1.807) is 27.1 Å². The molecule has 5 nitrogen and oxygen atoms in total. The number of benzene rings is 1. The van der Waals surface area contributed by atoms with Gasteiger partial charge in [-0.1, -0.05) is 39.8 Å². The summed E-state index contributed by atoms with van der Waals surface area (Å²) in [5, 5.41) is 9.79. The molecule has 3 aliphatic rings. The number of amides is 1. The van der Waals surface area contributed by atoms with Crippen molar-refractivity contribution in [2.75, 3.05) is 14.2 Å². The molecule has 0 radical (unpaired) electrons. The fourth-order valence-electron chi connectivity index (χ4n) is 5.42. The number of hydrogen-bond donors (Lipinski definition) is 1. The Bertz CT molecular complexity index is 876. The van der Waals surface area contributed by atoms with Crippen molar-refractivity contribution in [2.24, 2.45) is 10.4 Å². The van der Waals surface area contributed by atoms with E-state index in [1.165, 1.54) is 17.0 Å². The standard InChI is InChI=1S/C21H25F3N2O3.2C2H6/c1-12-25-20(18(28)26(12)2)16-10-13(17(27)21(22,23)24)4-5-14(16)11-19(20)8-6-15(29-3)7-9-19;2*1-2/h4-5,10,15,17,27H,6-9,11H2,1-3H3;2*1-2H3. The fourth-order valence-corrected chi connectivity index (χ4v) is 5.42. The van der Waals surface area contributed by atoms with Crippen LogP contribution in [0.25, 0.3) is 0 Å². The zero-order valence-electron chi connectivity index (χ0n) is 20.7. The number of hydrogen-bond acceptors (Lipinski definition) is 4. The second kappa shape index (κ2) is 10.1. The number of nitrogens with zero attached hydrogens (tertiary/aromatic N) is 2. The van der Waals surface area contributed by atoms with Crippen LogP contribution in [-0.2, 0) is 21.5 Å². The predicted molar refractivity (Wildman–Crippen MR) is 123 cm³/mol. The number of alkyl halides is 3. The van der Waals surface area contributed by atoms with Crippen LogP contribution in [0.4, 0.5) is 13.2 Å². The lowest BCUT2D eigenvalue weighted by Gasteiger charge is -2.45. The molecule has 0 saturated heterocycles. The Morgan fingerprint density at radius 2 is 1.76 bits per heavy atom. The van der Waals surface area contributed by atoms with Crippen molar-refractivity contribution in [2.45, 2.75) is 90.6 Å². The highest BCUT2D eigenvalue weighted by Crippen LogP contribution is 2.62. The molecule has 33 heavy (non-hydrogen) atoms. The van der Waals surface area contributed by atoms with E-state index in [-0.39, 0.29) is 17.6 Å². The molecule has 2 unspecified atom stereocenters. The number of rotatable bonds is 2. The van der Waals surface area contributed by atoms with E-state index in [1.807, 2.05) is 27.7 Å². The van der Waals surface area contributed by atoms with Crippen molar-refractivity contribution < 1.29 is 27.8 Å². The van der Waals surface area contributed by atoms with Gasteiger partial charge in [0.05, 0.1) is 6.10 Å². The maximum atomic E-state index is 13.5. The summed E-state index contributed by atoms with van der Waals surface area (Å²) in [4.78, 5) is 19.8. The lowest BCUT2D eigenvalue weighted by molar-refractivity contribution is -0.206. The molecular weight excluding hydrogens is 433 g/mol. The van der Waals surface area contributed by atoms with E-state index in [9.17, 15) is 23.1 Å². The average molecular weight is 471 g/mol. The van der Waals surface area contributed by atoms with Crippen LogP contribution in [-0.4, -0.2) is 48.2 Å². The lowest BCUT2D eigenvalue weighted by atomic mass is 9.61. The van der Waals surface area contributed by atoms with E-state index in [0.29, 0.717) is 30.7 Å². The van der Waals surface area contributed by atoms with Gasteiger partial charge in [0.2, 0.25) is 0 Å². The van der Waals surface area contributed by atoms with E-state index < -0.39 is 23.2 Å². The molecule has 0 bridgehead atoms. The lowest BCUT2D eigenvalue weighted by Crippen LogP contribution is -2.51. The first-order chi connectivity index (χ1) is 15.6. The number of carbonyl (C=O) groups excluding carboxylic acids is 1. The maximum Gasteiger partial charge on any atom is 0.418 e. The summed E-state index contributed by atoms with van der Waals surface area (Å²) < 4.78 is 44.8. The summed E-state index contributed by atoms with van der Waals surface area (Å²) >= 11 is 0. The number of aliphatic imine (C=N–C) groups is 1. The summed E-state index contributed by atoms with van der Waals surface area (Å²) in [5.41, 5.74) is -0.647. The Labute approximate surface area is 195 Å². The first kappa shape index (κ1) is 27.3. The Morgan fingerprint density at radius 1 is 1.18 bits per heavy atom. The largest absolute Gasteiger partial charge is 0.418 e. The highest BCUT2D eigenvalue weighted by Gasteiger charge is 2.66. The van der Waals surface area contributed by atoms with Crippen LogP contribution >= 0.6 is 0 Å². The Balaban J connectivity index is 0.000000914. The normalized spacial score (nSPS) is 29.2. The molecule has 0 aromatic heterocycles. The van der Waals surface area contributed by atoms with Gasteiger partial charge in [-0.25, -0.2) is 0 Å². The first-order valence-corrected chi connectivity index (χ1v) is 11.8. The summed E-state index contributed by atoms with van der Waals surface area (Å²) in [6, 6.07) is 4.28. The van der Waals surface area contributed by atoms with Gasteiger partial charge in [-0.05, 0) is 61.8 Å². The van der Waals surface area contributed by atoms with Gasteiger partial charge in [0.25, 0.3) is 5.91 Å². The molecule has 2 aliphatic carbocycles. The number of aliphatic hydroxyl groups excluding tert-OH is 1. The number of amidine groups is 1. The van der Waals surface area contributed by atoms with Gasteiger partial charge in [0.1, 0.15) is 5.84 Å². The zero-order valence-corrected chi connectivity index (χ0v) is 20.7. The minimum absolute atomic E-state index is 0.114. The number of aliphatic hydroxyl groups is 1. The molecule has 1 heterocycles. The topological polar surface area (TPSA) is 62.1 Å². The van der Waals surface area contributed by atoms with Crippen molar-refractivity contribution in [3.63, 3.8) is 0 Å². The first-order valence-electron chi connectivity index (χ1n) is 11.8. The Morgan fingerprint density at radius 3 is 2.21 bits per heavy atom. The third-order valence-electron chi connectivity index (χ3n) is 7.10. The summed E-state index contributed by atoms with van der Waals surface area (Å²) in [6.45, 7) is 9.74. The van der Waals surface area contributed by atoms with Crippen molar-refractivity contribution in [3.8, 4) is 0 Å². The molecule has 1 fully saturated rings. The number of carbonyl (C=O) groups is 1. The highest BCUT2D eigenvalue weighted by molar-refractivity contribution is 6.08. The van der Waals surface area contributed by atoms with E-state index in [0.717, 1.165) is 18.4 Å². The fraction of sp³-hybridized carbons (Fsp3) is 0.680. The van der Waals surface area contributed by atoms with Gasteiger partial charge in [0.15, 0.2) is 11.6 Å². The molecule has 1 saturated carbocycles. The van der Waals surface area contributed by atoms with Gasteiger partial charge < -0.3 is 14.7 Å². The van der Waals surface area contributed by atoms with Crippen molar-refractivity contribution in [1.82, 2.24) is 4.90 Å². The van der Waals surface area contributed by atoms with Crippen molar-refractivity contribution in [3.05, 3.63) is 34.9 Å². The number of ether oxygens (including phenoxy) is 1. The van der Waals surface area contributed by atoms with E-state index in [4.69, 9.17) is 9.73 Å². The third-order valence-corrected chi connectivity index (χ3v) is 7.10. The number of methoxy groups -OCH3 is 1. The van der Waals surface area contributed by atoms with Gasteiger partial charge >= 0.3 is 6.18 Å². The highest BCUT2D eigenvalue weighted by atomic mass is 19.4.